The molecule has 0 bridgehead atoms. The number of unbranched alkanes of at least 4 members (excludes halogenated alkanes) is 47. The summed E-state index contributed by atoms with van der Waals surface area (Å²) >= 11 is 0. The van der Waals surface area contributed by atoms with Gasteiger partial charge in [0.1, 0.15) is 13.2 Å². The first-order valence-electron chi connectivity index (χ1n) is 36.8. The van der Waals surface area contributed by atoms with Gasteiger partial charge in [0, 0.05) is 19.3 Å². The largest absolute Gasteiger partial charge is 0.462 e. The van der Waals surface area contributed by atoms with Crippen LogP contribution in [0.3, 0.4) is 0 Å². The van der Waals surface area contributed by atoms with Crippen molar-refractivity contribution in [3.8, 4) is 0 Å². The van der Waals surface area contributed by atoms with Gasteiger partial charge in [-0.2, -0.15) is 0 Å². The quantitative estimate of drug-likeness (QED) is 0.0261. The van der Waals surface area contributed by atoms with Gasteiger partial charge in [-0.1, -0.05) is 377 Å². The highest BCUT2D eigenvalue weighted by atomic mass is 16.6. The van der Waals surface area contributed by atoms with E-state index in [4.69, 9.17) is 14.2 Å². The van der Waals surface area contributed by atoms with E-state index in [0.29, 0.717) is 19.3 Å². The molecule has 0 spiro atoms. The summed E-state index contributed by atoms with van der Waals surface area (Å²) in [6, 6.07) is 0. The van der Waals surface area contributed by atoms with Crippen molar-refractivity contribution >= 4 is 17.9 Å². The van der Waals surface area contributed by atoms with Gasteiger partial charge in [0.05, 0.1) is 0 Å². The van der Waals surface area contributed by atoms with Crippen molar-refractivity contribution in [2.75, 3.05) is 13.2 Å². The minimum atomic E-state index is -0.796. The summed E-state index contributed by atoms with van der Waals surface area (Å²) in [5.74, 6) is -0.919. The molecule has 83 heavy (non-hydrogen) atoms. The molecule has 1 unspecified atom stereocenters. The smallest absolute Gasteiger partial charge is 0.306 e. The number of allylic oxidation sites excluding steroid dienone is 10. The third kappa shape index (κ3) is 69.8. The van der Waals surface area contributed by atoms with E-state index in [0.717, 1.165) is 77.0 Å². The fourth-order valence-corrected chi connectivity index (χ4v) is 11.1. The van der Waals surface area contributed by atoms with Gasteiger partial charge in [0.2, 0.25) is 0 Å². The highest BCUT2D eigenvalue weighted by Crippen LogP contribution is 2.19. The minimum absolute atomic E-state index is 0.0866. The molecular weight excluding hydrogens is 1020 g/mol. The fourth-order valence-electron chi connectivity index (χ4n) is 11.1. The summed E-state index contributed by atoms with van der Waals surface area (Å²) in [7, 11) is 0. The predicted molar refractivity (Wildman–Crippen MR) is 362 cm³/mol. The third-order valence-corrected chi connectivity index (χ3v) is 16.5. The fraction of sp³-hybridized carbons (Fsp3) is 0.831. The van der Waals surface area contributed by atoms with Gasteiger partial charge < -0.3 is 14.2 Å². The highest BCUT2D eigenvalue weighted by molar-refractivity contribution is 5.71. The number of hydrogen-bond acceptors (Lipinski definition) is 6. The maximum Gasteiger partial charge on any atom is 0.306 e. The summed E-state index contributed by atoms with van der Waals surface area (Å²) in [6.07, 6.45) is 92.7. The summed E-state index contributed by atoms with van der Waals surface area (Å²) in [5.41, 5.74) is 0. The van der Waals surface area contributed by atoms with Crippen LogP contribution in [-0.4, -0.2) is 37.2 Å². The van der Waals surface area contributed by atoms with Crippen LogP contribution in [0.25, 0.3) is 0 Å². The van der Waals surface area contributed by atoms with Gasteiger partial charge in [-0.25, -0.2) is 0 Å². The molecule has 0 N–H and O–H groups in total. The van der Waals surface area contributed by atoms with Crippen molar-refractivity contribution in [3.63, 3.8) is 0 Å². The predicted octanol–water partition coefficient (Wildman–Crippen LogP) is 25.5. The zero-order valence-electron chi connectivity index (χ0n) is 55.7. The van der Waals surface area contributed by atoms with Gasteiger partial charge in [0.25, 0.3) is 0 Å². The molecule has 0 aromatic rings. The Labute approximate surface area is 517 Å². The summed E-state index contributed by atoms with van der Waals surface area (Å²) in [5, 5.41) is 0. The van der Waals surface area contributed by atoms with Crippen molar-refractivity contribution in [1.29, 1.82) is 0 Å². The number of hydrogen-bond donors (Lipinski definition) is 0. The topological polar surface area (TPSA) is 78.9 Å². The second-order valence-corrected chi connectivity index (χ2v) is 24.8. The lowest BCUT2D eigenvalue weighted by Gasteiger charge is -2.18. The van der Waals surface area contributed by atoms with E-state index < -0.39 is 6.10 Å². The van der Waals surface area contributed by atoms with Crippen LogP contribution >= 0.6 is 0 Å². The molecular formula is C77H140O6. The molecule has 6 heteroatoms. The molecule has 0 amide bonds. The molecule has 0 aromatic heterocycles. The Morgan fingerprint density at radius 2 is 0.470 bits per heavy atom. The van der Waals surface area contributed by atoms with Gasteiger partial charge in [0.15, 0.2) is 6.10 Å². The Balaban J connectivity index is 4.32. The van der Waals surface area contributed by atoms with Crippen molar-refractivity contribution in [3.05, 3.63) is 60.8 Å². The van der Waals surface area contributed by atoms with Crippen molar-refractivity contribution in [2.24, 2.45) is 0 Å². The first kappa shape index (κ1) is 80.1. The maximum absolute atomic E-state index is 13.0. The van der Waals surface area contributed by atoms with Gasteiger partial charge in [-0.05, 0) is 57.8 Å². The van der Waals surface area contributed by atoms with Crippen molar-refractivity contribution < 1.29 is 28.6 Å². The Hall–Kier alpha value is -2.89. The molecule has 0 saturated carbocycles. The minimum Gasteiger partial charge on any atom is -0.462 e. The average Bonchev–Trinajstić information content (AvgIpc) is 3.50. The van der Waals surface area contributed by atoms with Crippen LogP contribution in [0.4, 0.5) is 0 Å². The van der Waals surface area contributed by atoms with Crippen LogP contribution in [0.5, 0.6) is 0 Å². The summed E-state index contributed by atoms with van der Waals surface area (Å²) in [6.45, 7) is 6.56. The van der Waals surface area contributed by atoms with Gasteiger partial charge in [-0.3, -0.25) is 14.4 Å². The van der Waals surface area contributed by atoms with E-state index in [9.17, 15) is 14.4 Å². The molecule has 1 atom stereocenters. The molecule has 0 saturated heterocycles. The number of carbonyl (C=O) groups excluding carboxylic acids is 3. The van der Waals surface area contributed by atoms with Crippen molar-refractivity contribution in [2.45, 2.75) is 399 Å². The first-order valence-corrected chi connectivity index (χ1v) is 36.8. The summed E-state index contributed by atoms with van der Waals surface area (Å²) < 4.78 is 17.0. The molecule has 6 nitrogen and oxygen atoms in total. The van der Waals surface area contributed by atoms with Gasteiger partial charge >= 0.3 is 17.9 Å². The molecule has 0 fully saturated rings. The molecule has 0 aliphatic carbocycles. The van der Waals surface area contributed by atoms with Crippen LogP contribution in [0, 0.1) is 0 Å². The second kappa shape index (κ2) is 71.6. The number of rotatable bonds is 68. The lowest BCUT2D eigenvalue weighted by atomic mass is 10.0. The van der Waals surface area contributed by atoms with E-state index in [1.807, 2.05) is 0 Å². The lowest BCUT2D eigenvalue weighted by molar-refractivity contribution is -0.167. The molecule has 0 aliphatic rings. The Bertz CT molecular complexity index is 1470. The maximum atomic E-state index is 13.0. The van der Waals surface area contributed by atoms with E-state index >= 15 is 0 Å². The number of carbonyl (C=O) groups is 3. The standard InChI is InChI=1S/C77H140O6/c1-4-7-10-13-16-19-22-25-28-31-33-35-37-39-41-43-46-49-52-55-58-61-64-67-70-76(79)82-73-74(72-81-75(78)69-66-63-60-57-54-51-48-45-30-27-24-21-18-15-12-9-6-3)83-77(80)71-68-65-62-59-56-53-50-47-44-42-40-38-36-34-32-29-26-23-20-17-14-11-8-5-2/h9,12,18,21,27,30,48,51,57,60,74H,4-8,10-11,13-17,19-20,22-26,28-29,31-47,49-50,52-56,58-59,61-73H2,1-3H3/b12-9-,21-18-,30-27-,51-48-,60-57-. The number of ether oxygens (including phenoxy) is 3. The highest BCUT2D eigenvalue weighted by Gasteiger charge is 2.19. The third-order valence-electron chi connectivity index (χ3n) is 16.5. The van der Waals surface area contributed by atoms with Crippen LogP contribution in [0.15, 0.2) is 60.8 Å². The normalized spacial score (nSPS) is 12.4. The monoisotopic (exact) mass is 1160 g/mol. The Kier molecular flexibility index (Phi) is 69.1. The van der Waals surface area contributed by atoms with E-state index in [1.165, 1.54) is 270 Å². The zero-order valence-corrected chi connectivity index (χ0v) is 55.7. The van der Waals surface area contributed by atoms with Crippen LogP contribution in [0.2, 0.25) is 0 Å². The summed E-state index contributed by atoms with van der Waals surface area (Å²) in [4.78, 5) is 38.5. The molecule has 0 aromatic carbocycles. The molecule has 0 radical (unpaired) electrons. The van der Waals surface area contributed by atoms with Crippen molar-refractivity contribution in [1.82, 2.24) is 0 Å². The molecule has 0 heterocycles. The second-order valence-electron chi connectivity index (χ2n) is 24.8. The molecule has 484 valence electrons. The molecule has 0 aliphatic heterocycles. The zero-order chi connectivity index (χ0) is 59.9. The van der Waals surface area contributed by atoms with E-state index in [-0.39, 0.29) is 37.5 Å². The Morgan fingerprint density at radius 3 is 0.735 bits per heavy atom. The lowest BCUT2D eigenvalue weighted by Crippen LogP contribution is -2.30. The van der Waals surface area contributed by atoms with Crippen LogP contribution in [-0.2, 0) is 28.6 Å². The van der Waals surface area contributed by atoms with Crippen LogP contribution in [0.1, 0.15) is 393 Å². The van der Waals surface area contributed by atoms with Crippen LogP contribution < -0.4 is 0 Å². The van der Waals surface area contributed by atoms with E-state index in [1.54, 1.807) is 0 Å². The van der Waals surface area contributed by atoms with E-state index in [2.05, 4.69) is 81.5 Å². The Morgan fingerprint density at radius 1 is 0.253 bits per heavy atom. The average molecular weight is 1160 g/mol. The number of esters is 3. The molecule has 0 rings (SSSR count). The van der Waals surface area contributed by atoms with Gasteiger partial charge in [-0.15, -0.1) is 0 Å². The first-order chi connectivity index (χ1) is 41.0. The SMILES string of the molecule is CC/C=C\C/C=C\C/C=C\C/C=C\C/C=C\CCCC(=O)OCC(COC(=O)CCCCCCCCCCCCCCCCCCCCCCCCCC)OC(=O)CCCCCCCCCCCCCCCCCCCCCCCCCC.